The second kappa shape index (κ2) is 4.84. The first-order valence-electron chi connectivity index (χ1n) is 4.88. The van der Waals surface area contributed by atoms with Crippen molar-refractivity contribution in [1.82, 2.24) is 4.98 Å². The molecule has 0 radical (unpaired) electrons. The molecule has 0 fully saturated rings. The van der Waals surface area contributed by atoms with Crippen LogP contribution < -0.4 is 5.32 Å². The molecule has 1 aromatic heterocycles. The maximum atomic E-state index is 11.8. The molecule has 2 N–H and O–H groups in total. The lowest BCUT2D eigenvalue weighted by Crippen LogP contribution is -2.12. The van der Waals surface area contributed by atoms with Crippen molar-refractivity contribution < 1.29 is 9.90 Å². The number of nitrogens with one attached hydrogen (secondary N) is 1. The highest BCUT2D eigenvalue weighted by Gasteiger charge is 2.09. The van der Waals surface area contributed by atoms with Crippen molar-refractivity contribution in [2.24, 2.45) is 0 Å². The normalized spacial score (nSPS) is 9.94. The second-order valence-corrected chi connectivity index (χ2v) is 3.75. The molecule has 1 heterocycles. The van der Waals surface area contributed by atoms with E-state index in [-0.39, 0.29) is 11.8 Å². The van der Waals surface area contributed by atoms with Crippen LogP contribution in [-0.4, -0.2) is 16.0 Å². The summed E-state index contributed by atoms with van der Waals surface area (Å²) in [7, 11) is 0. The predicted octanol–water partition coefficient (Wildman–Crippen LogP) is 2.69. The number of aromatic hydroxyl groups is 1. The quantitative estimate of drug-likeness (QED) is 0.859. The Morgan fingerprint density at radius 2 is 2.00 bits per heavy atom. The van der Waals surface area contributed by atoms with Gasteiger partial charge in [-0.05, 0) is 18.2 Å². The maximum Gasteiger partial charge on any atom is 0.257 e. The molecule has 0 bridgehead atoms. The minimum Gasteiger partial charge on any atom is -0.493 e. The van der Waals surface area contributed by atoms with E-state index in [1.807, 2.05) is 0 Å². The minimum atomic E-state index is -0.317. The molecule has 2 aromatic rings. The van der Waals surface area contributed by atoms with Gasteiger partial charge in [0.1, 0.15) is 0 Å². The first-order chi connectivity index (χ1) is 8.16. The van der Waals surface area contributed by atoms with E-state index in [0.717, 1.165) is 0 Å². The van der Waals surface area contributed by atoms with Gasteiger partial charge < -0.3 is 10.4 Å². The van der Waals surface area contributed by atoms with Crippen molar-refractivity contribution in [3.8, 4) is 5.88 Å². The average Bonchev–Trinajstić information content (AvgIpc) is 2.32. The molecule has 0 aliphatic heterocycles. The number of carbonyl (C=O) groups is 1. The highest BCUT2D eigenvalue weighted by molar-refractivity contribution is 6.34. The van der Waals surface area contributed by atoms with E-state index < -0.39 is 0 Å². The van der Waals surface area contributed by atoms with Crippen LogP contribution in [0.2, 0.25) is 5.02 Å². The summed E-state index contributed by atoms with van der Waals surface area (Å²) >= 11 is 5.89. The standard InChI is InChI=1S/C12H9ClN2O2/c13-10-4-2-1-3-9(10)12(17)15-8-5-6-11(16)14-7-8/h1-7H,(H,14,16)(H,15,17). The zero-order chi connectivity index (χ0) is 12.3. The number of rotatable bonds is 2. The van der Waals surface area contributed by atoms with Gasteiger partial charge in [0.15, 0.2) is 0 Å². The van der Waals surface area contributed by atoms with E-state index in [1.54, 1.807) is 30.3 Å². The molecule has 86 valence electrons. The number of hydrogen-bond acceptors (Lipinski definition) is 3. The van der Waals surface area contributed by atoms with Crippen molar-refractivity contribution in [1.29, 1.82) is 0 Å². The van der Waals surface area contributed by atoms with Gasteiger partial charge in [-0.25, -0.2) is 4.98 Å². The lowest BCUT2D eigenvalue weighted by atomic mass is 10.2. The van der Waals surface area contributed by atoms with E-state index in [2.05, 4.69) is 10.3 Å². The van der Waals surface area contributed by atoms with Gasteiger partial charge in [0.25, 0.3) is 5.91 Å². The molecule has 17 heavy (non-hydrogen) atoms. The van der Waals surface area contributed by atoms with E-state index in [9.17, 15) is 4.79 Å². The van der Waals surface area contributed by atoms with Crippen molar-refractivity contribution in [2.45, 2.75) is 0 Å². The van der Waals surface area contributed by atoms with Gasteiger partial charge in [-0.2, -0.15) is 0 Å². The van der Waals surface area contributed by atoms with Crippen molar-refractivity contribution >= 4 is 23.2 Å². The van der Waals surface area contributed by atoms with Gasteiger partial charge in [-0.3, -0.25) is 4.79 Å². The van der Waals surface area contributed by atoms with Crippen LogP contribution in [-0.2, 0) is 0 Å². The maximum absolute atomic E-state index is 11.8. The summed E-state index contributed by atoms with van der Waals surface area (Å²) in [6.45, 7) is 0. The molecule has 1 aromatic carbocycles. The number of hydrogen-bond donors (Lipinski definition) is 2. The van der Waals surface area contributed by atoms with Crippen LogP contribution in [0.3, 0.4) is 0 Å². The molecule has 0 spiro atoms. The highest BCUT2D eigenvalue weighted by atomic mass is 35.5. The molecule has 0 atom stereocenters. The molecule has 0 saturated heterocycles. The molecule has 0 unspecified atom stereocenters. The lowest BCUT2D eigenvalue weighted by molar-refractivity contribution is 0.102. The average molecular weight is 249 g/mol. The van der Waals surface area contributed by atoms with Crippen LogP contribution in [0.1, 0.15) is 10.4 Å². The number of pyridine rings is 1. The van der Waals surface area contributed by atoms with Gasteiger partial charge in [0.05, 0.1) is 22.5 Å². The second-order valence-electron chi connectivity index (χ2n) is 3.34. The Hall–Kier alpha value is -2.07. The first kappa shape index (κ1) is 11.4. The van der Waals surface area contributed by atoms with Crippen molar-refractivity contribution in [2.75, 3.05) is 5.32 Å². The molecular weight excluding hydrogens is 240 g/mol. The van der Waals surface area contributed by atoms with Crippen molar-refractivity contribution in [3.63, 3.8) is 0 Å². The van der Waals surface area contributed by atoms with E-state index in [4.69, 9.17) is 16.7 Å². The molecule has 2 rings (SSSR count). The monoisotopic (exact) mass is 248 g/mol. The zero-order valence-electron chi connectivity index (χ0n) is 8.72. The Morgan fingerprint density at radius 1 is 1.24 bits per heavy atom. The van der Waals surface area contributed by atoms with Crippen LogP contribution in [0, 0.1) is 0 Å². The predicted molar refractivity (Wildman–Crippen MR) is 65.3 cm³/mol. The van der Waals surface area contributed by atoms with Gasteiger partial charge >= 0.3 is 0 Å². The summed E-state index contributed by atoms with van der Waals surface area (Å²) in [5, 5.41) is 12.0. The smallest absolute Gasteiger partial charge is 0.257 e. The molecule has 0 aliphatic rings. The number of nitrogens with zero attached hydrogens (tertiary/aromatic N) is 1. The molecule has 1 amide bonds. The van der Waals surface area contributed by atoms with Gasteiger partial charge in [0.2, 0.25) is 5.88 Å². The fraction of sp³-hybridized carbons (Fsp3) is 0. The van der Waals surface area contributed by atoms with Crippen LogP contribution in [0.4, 0.5) is 5.69 Å². The molecular formula is C12H9ClN2O2. The fourth-order valence-corrected chi connectivity index (χ4v) is 1.53. The third kappa shape index (κ3) is 2.73. The van der Waals surface area contributed by atoms with E-state index >= 15 is 0 Å². The van der Waals surface area contributed by atoms with Crippen LogP contribution in [0.25, 0.3) is 0 Å². The Kier molecular flexibility index (Phi) is 3.25. The lowest BCUT2D eigenvalue weighted by Gasteiger charge is -2.05. The summed E-state index contributed by atoms with van der Waals surface area (Å²) in [5.41, 5.74) is 0.884. The molecule has 5 heteroatoms. The van der Waals surface area contributed by atoms with Crippen LogP contribution in [0.5, 0.6) is 5.88 Å². The highest BCUT2D eigenvalue weighted by Crippen LogP contribution is 2.17. The summed E-state index contributed by atoms with van der Waals surface area (Å²) in [6, 6.07) is 9.70. The number of carbonyl (C=O) groups excluding carboxylic acids is 1. The number of halogens is 1. The number of anilines is 1. The van der Waals surface area contributed by atoms with E-state index in [1.165, 1.54) is 12.3 Å². The largest absolute Gasteiger partial charge is 0.493 e. The topological polar surface area (TPSA) is 62.2 Å². The summed E-state index contributed by atoms with van der Waals surface area (Å²) < 4.78 is 0. The fourth-order valence-electron chi connectivity index (χ4n) is 1.30. The number of amides is 1. The van der Waals surface area contributed by atoms with E-state index in [0.29, 0.717) is 16.3 Å². The molecule has 0 aliphatic carbocycles. The SMILES string of the molecule is O=C(Nc1ccc(O)nc1)c1ccccc1Cl. The Bertz CT molecular complexity index is 540. The summed E-state index contributed by atoms with van der Waals surface area (Å²) in [4.78, 5) is 15.5. The Balaban J connectivity index is 2.17. The third-order valence-corrected chi connectivity index (χ3v) is 2.45. The van der Waals surface area contributed by atoms with Gasteiger partial charge in [-0.15, -0.1) is 0 Å². The summed E-state index contributed by atoms with van der Waals surface area (Å²) in [6.07, 6.45) is 1.37. The van der Waals surface area contributed by atoms with Crippen molar-refractivity contribution in [3.05, 3.63) is 53.2 Å². The Labute approximate surface area is 103 Å². The number of aromatic nitrogens is 1. The van der Waals surface area contributed by atoms with Crippen LogP contribution in [0.15, 0.2) is 42.6 Å². The Morgan fingerprint density at radius 3 is 2.65 bits per heavy atom. The molecule has 0 saturated carbocycles. The minimum absolute atomic E-state index is 0.0965. The third-order valence-electron chi connectivity index (χ3n) is 2.12. The van der Waals surface area contributed by atoms with Gasteiger partial charge in [0, 0.05) is 6.07 Å². The number of benzene rings is 1. The van der Waals surface area contributed by atoms with Gasteiger partial charge in [-0.1, -0.05) is 23.7 Å². The first-order valence-corrected chi connectivity index (χ1v) is 5.25. The van der Waals surface area contributed by atoms with Crippen LogP contribution >= 0.6 is 11.6 Å². The molecule has 4 nitrogen and oxygen atoms in total. The summed E-state index contributed by atoms with van der Waals surface area (Å²) in [5.74, 6) is -0.413. The zero-order valence-corrected chi connectivity index (χ0v) is 9.48.